The van der Waals surface area contributed by atoms with Crippen molar-refractivity contribution in [2.75, 3.05) is 33.5 Å². The molecule has 1 N–H and O–H groups in total. The molecule has 0 aliphatic rings. The van der Waals surface area contributed by atoms with Gasteiger partial charge >= 0.3 is 0 Å². The van der Waals surface area contributed by atoms with Crippen molar-refractivity contribution in [1.29, 1.82) is 0 Å². The average Bonchev–Trinajstić information content (AvgIpc) is 2.35. The molecule has 0 saturated carbocycles. The Morgan fingerprint density at radius 1 is 1.18 bits per heavy atom. The fraction of sp³-hybridized carbons (Fsp3) is 0.538. The first kappa shape index (κ1) is 14.5. The highest BCUT2D eigenvalue weighted by atomic mass is 35.5. The molecule has 1 aromatic carbocycles. The maximum atomic E-state index is 9.34. The van der Waals surface area contributed by atoms with Gasteiger partial charge in [-0.05, 0) is 24.1 Å². The third-order valence-corrected chi connectivity index (χ3v) is 2.86. The Kier molecular flexibility index (Phi) is 7.21. The molecule has 0 saturated heterocycles. The van der Waals surface area contributed by atoms with Crippen molar-refractivity contribution in [1.82, 2.24) is 0 Å². The first-order chi connectivity index (χ1) is 8.27. The van der Waals surface area contributed by atoms with Crippen LogP contribution in [-0.2, 0) is 9.47 Å². The monoisotopic (exact) mass is 258 g/mol. The third-order valence-electron chi connectivity index (χ3n) is 2.60. The van der Waals surface area contributed by atoms with Crippen molar-refractivity contribution in [2.24, 2.45) is 0 Å². The summed E-state index contributed by atoms with van der Waals surface area (Å²) < 4.78 is 10.3. The lowest BCUT2D eigenvalue weighted by Crippen LogP contribution is -2.10. The second-order valence-electron chi connectivity index (χ2n) is 3.82. The molecular weight excluding hydrogens is 240 g/mol. The van der Waals surface area contributed by atoms with Crippen molar-refractivity contribution < 1.29 is 14.6 Å². The Morgan fingerprint density at radius 3 is 2.47 bits per heavy atom. The van der Waals surface area contributed by atoms with Crippen LogP contribution in [0.15, 0.2) is 24.3 Å². The minimum absolute atomic E-state index is 0.106. The fourth-order valence-electron chi connectivity index (χ4n) is 1.57. The van der Waals surface area contributed by atoms with Crippen LogP contribution in [0.3, 0.4) is 0 Å². The van der Waals surface area contributed by atoms with Gasteiger partial charge in [-0.25, -0.2) is 0 Å². The molecule has 17 heavy (non-hydrogen) atoms. The number of aliphatic hydroxyl groups excluding tert-OH is 1. The summed E-state index contributed by atoms with van der Waals surface area (Å²) in [6, 6.07) is 7.56. The molecule has 0 aliphatic heterocycles. The van der Waals surface area contributed by atoms with Gasteiger partial charge < -0.3 is 14.6 Å². The second-order valence-corrected chi connectivity index (χ2v) is 4.26. The smallest absolute Gasteiger partial charge is 0.0700 e. The van der Waals surface area contributed by atoms with Gasteiger partial charge in [0.15, 0.2) is 0 Å². The Balaban J connectivity index is 2.35. The maximum absolute atomic E-state index is 9.34. The molecule has 1 rings (SSSR count). The predicted octanol–water partition coefficient (Wildman–Crippen LogP) is 2.47. The normalized spacial score (nSPS) is 12.6. The Labute approximate surface area is 107 Å². The van der Waals surface area contributed by atoms with E-state index in [9.17, 15) is 5.11 Å². The molecular formula is C13H19ClO3. The summed E-state index contributed by atoms with van der Waals surface area (Å²) in [5.74, 6) is 0.106. The zero-order chi connectivity index (χ0) is 12.5. The summed E-state index contributed by atoms with van der Waals surface area (Å²) in [6.07, 6.45) is 0.793. The summed E-state index contributed by atoms with van der Waals surface area (Å²) >= 11 is 5.82. The summed E-state index contributed by atoms with van der Waals surface area (Å²) in [4.78, 5) is 0. The van der Waals surface area contributed by atoms with E-state index in [1.807, 2.05) is 24.3 Å². The predicted molar refractivity (Wildman–Crippen MR) is 68.6 cm³/mol. The van der Waals surface area contributed by atoms with Gasteiger partial charge in [0.1, 0.15) is 0 Å². The van der Waals surface area contributed by atoms with Gasteiger partial charge in [-0.3, -0.25) is 0 Å². The van der Waals surface area contributed by atoms with E-state index in [2.05, 4.69) is 0 Å². The van der Waals surface area contributed by atoms with Gasteiger partial charge in [-0.2, -0.15) is 0 Å². The molecule has 0 fully saturated rings. The molecule has 0 bridgehead atoms. The van der Waals surface area contributed by atoms with Crippen LogP contribution < -0.4 is 0 Å². The highest BCUT2D eigenvalue weighted by Gasteiger charge is 2.10. The molecule has 3 nitrogen and oxygen atoms in total. The molecule has 1 atom stereocenters. The number of methoxy groups -OCH3 is 1. The third kappa shape index (κ3) is 5.50. The van der Waals surface area contributed by atoms with E-state index >= 15 is 0 Å². The number of aliphatic hydroxyl groups is 1. The molecule has 1 unspecified atom stereocenters. The minimum atomic E-state index is 0.106. The number of hydrogen-bond donors (Lipinski definition) is 1. The van der Waals surface area contributed by atoms with E-state index in [1.54, 1.807) is 7.11 Å². The lowest BCUT2D eigenvalue weighted by Gasteiger charge is -2.14. The van der Waals surface area contributed by atoms with Gasteiger partial charge in [0.25, 0.3) is 0 Å². The summed E-state index contributed by atoms with van der Waals surface area (Å²) in [5, 5.41) is 10.0. The Bertz CT molecular complexity index is 300. The number of benzene rings is 1. The molecule has 0 heterocycles. The van der Waals surface area contributed by atoms with Gasteiger partial charge in [0, 0.05) is 24.7 Å². The number of halogens is 1. The van der Waals surface area contributed by atoms with Crippen molar-refractivity contribution in [3.05, 3.63) is 34.9 Å². The highest BCUT2D eigenvalue weighted by Crippen LogP contribution is 2.21. The quantitative estimate of drug-likeness (QED) is 0.728. The lowest BCUT2D eigenvalue weighted by molar-refractivity contribution is 0.0642. The molecule has 4 heteroatoms. The van der Waals surface area contributed by atoms with Crippen LogP contribution in [-0.4, -0.2) is 38.6 Å². The molecule has 0 radical (unpaired) electrons. The number of rotatable bonds is 8. The van der Waals surface area contributed by atoms with Crippen molar-refractivity contribution in [2.45, 2.75) is 12.3 Å². The van der Waals surface area contributed by atoms with Crippen molar-refractivity contribution in [3.8, 4) is 0 Å². The maximum Gasteiger partial charge on any atom is 0.0700 e. The van der Waals surface area contributed by atoms with Crippen molar-refractivity contribution >= 4 is 11.6 Å². The van der Waals surface area contributed by atoms with Crippen LogP contribution in [0.2, 0.25) is 5.02 Å². The Hall–Kier alpha value is -0.610. The first-order valence-electron chi connectivity index (χ1n) is 5.71. The van der Waals surface area contributed by atoms with Crippen LogP contribution in [0.4, 0.5) is 0 Å². The number of hydrogen-bond acceptors (Lipinski definition) is 3. The molecule has 0 spiro atoms. The zero-order valence-corrected chi connectivity index (χ0v) is 10.8. The summed E-state index contributed by atoms with van der Waals surface area (Å²) in [6.45, 7) is 1.94. The molecule has 96 valence electrons. The lowest BCUT2D eigenvalue weighted by atomic mass is 9.97. The van der Waals surface area contributed by atoms with Gasteiger partial charge in [0.05, 0.1) is 19.8 Å². The summed E-state index contributed by atoms with van der Waals surface area (Å²) in [7, 11) is 1.65. The zero-order valence-electron chi connectivity index (χ0n) is 10.1. The standard InChI is InChI=1S/C13H19ClO3/c1-16-8-9-17-7-6-12(10-15)11-2-4-13(14)5-3-11/h2-5,12,15H,6-10H2,1H3. The van der Waals surface area contributed by atoms with E-state index in [-0.39, 0.29) is 12.5 Å². The second kappa shape index (κ2) is 8.48. The minimum Gasteiger partial charge on any atom is -0.396 e. The SMILES string of the molecule is COCCOCCC(CO)c1ccc(Cl)cc1. The topological polar surface area (TPSA) is 38.7 Å². The van der Waals surface area contributed by atoms with Gasteiger partial charge in [-0.15, -0.1) is 0 Å². The molecule has 1 aromatic rings. The van der Waals surface area contributed by atoms with E-state index in [0.717, 1.165) is 12.0 Å². The Morgan fingerprint density at radius 2 is 1.88 bits per heavy atom. The van der Waals surface area contributed by atoms with Crippen LogP contribution in [0.1, 0.15) is 17.9 Å². The number of ether oxygens (including phenoxy) is 2. The molecule has 0 amide bonds. The average molecular weight is 259 g/mol. The van der Waals surface area contributed by atoms with Crippen LogP contribution >= 0.6 is 11.6 Å². The largest absolute Gasteiger partial charge is 0.396 e. The van der Waals surface area contributed by atoms with Gasteiger partial charge in [-0.1, -0.05) is 23.7 Å². The highest BCUT2D eigenvalue weighted by molar-refractivity contribution is 6.30. The van der Waals surface area contributed by atoms with E-state index in [0.29, 0.717) is 24.8 Å². The van der Waals surface area contributed by atoms with E-state index in [1.165, 1.54) is 0 Å². The summed E-state index contributed by atoms with van der Waals surface area (Å²) in [5.41, 5.74) is 1.09. The fourth-order valence-corrected chi connectivity index (χ4v) is 1.69. The van der Waals surface area contributed by atoms with Crippen LogP contribution in [0, 0.1) is 0 Å². The van der Waals surface area contributed by atoms with Gasteiger partial charge in [0.2, 0.25) is 0 Å². The van der Waals surface area contributed by atoms with Crippen LogP contribution in [0.25, 0.3) is 0 Å². The molecule has 0 aromatic heterocycles. The van der Waals surface area contributed by atoms with Crippen molar-refractivity contribution in [3.63, 3.8) is 0 Å². The van der Waals surface area contributed by atoms with E-state index < -0.39 is 0 Å². The first-order valence-corrected chi connectivity index (χ1v) is 6.08. The van der Waals surface area contributed by atoms with Crippen LogP contribution in [0.5, 0.6) is 0 Å². The van der Waals surface area contributed by atoms with E-state index in [4.69, 9.17) is 21.1 Å². The molecule has 0 aliphatic carbocycles.